The first-order valence-electron chi connectivity index (χ1n) is 13.7. The van der Waals surface area contributed by atoms with Gasteiger partial charge in [0.15, 0.2) is 0 Å². The van der Waals surface area contributed by atoms with Crippen LogP contribution in [0.3, 0.4) is 0 Å². The number of likely N-dealkylation sites (tertiary alicyclic amines) is 2. The highest BCUT2D eigenvalue weighted by atomic mass is 35.5. The highest BCUT2D eigenvalue weighted by Gasteiger charge is 2.51. The Morgan fingerprint density at radius 2 is 1.84 bits per heavy atom. The quantitative estimate of drug-likeness (QED) is 0.558. The van der Waals surface area contributed by atoms with Gasteiger partial charge in [0.05, 0.1) is 22.6 Å². The first kappa shape index (κ1) is 25.2. The van der Waals surface area contributed by atoms with Crippen LogP contribution in [0.15, 0.2) is 42.5 Å². The van der Waals surface area contributed by atoms with Crippen LogP contribution >= 0.6 is 23.2 Å². The number of aryl methyl sites for hydroxylation is 1. The zero-order chi connectivity index (χ0) is 25.7. The summed E-state index contributed by atoms with van der Waals surface area (Å²) in [5, 5.41) is 3.53. The Hall–Kier alpha value is -2.08. The second-order valence-corrected chi connectivity index (χ2v) is 12.4. The normalized spacial score (nSPS) is 29.5. The molecule has 4 aliphatic rings. The highest BCUT2D eigenvalue weighted by molar-refractivity contribution is 6.42. The lowest BCUT2D eigenvalue weighted by atomic mass is 9.67. The van der Waals surface area contributed by atoms with Gasteiger partial charge in [0.25, 0.3) is 5.91 Å². The van der Waals surface area contributed by atoms with E-state index in [2.05, 4.69) is 46.3 Å². The smallest absolute Gasteiger partial charge is 0.251 e. The van der Waals surface area contributed by atoms with Gasteiger partial charge in [0, 0.05) is 30.1 Å². The fraction of sp³-hybridized carbons (Fsp3) is 0.533. The Labute approximate surface area is 229 Å². The van der Waals surface area contributed by atoms with Gasteiger partial charge in [0.1, 0.15) is 0 Å². The number of rotatable bonds is 5. The predicted molar refractivity (Wildman–Crippen MR) is 147 cm³/mol. The third kappa shape index (κ3) is 4.57. The Kier molecular flexibility index (Phi) is 6.75. The first-order valence-corrected chi connectivity index (χ1v) is 14.5. The molecule has 5 nitrogen and oxygen atoms in total. The van der Waals surface area contributed by atoms with Gasteiger partial charge in [-0.2, -0.15) is 0 Å². The zero-order valence-corrected chi connectivity index (χ0v) is 22.9. The molecule has 6 rings (SSSR count). The molecule has 2 aliphatic heterocycles. The molecule has 0 radical (unpaired) electrons. The van der Waals surface area contributed by atoms with Crippen molar-refractivity contribution in [1.82, 2.24) is 15.1 Å². The number of nitrogens with zero attached hydrogens (tertiary/aromatic N) is 2. The molecule has 2 aliphatic carbocycles. The summed E-state index contributed by atoms with van der Waals surface area (Å²) < 4.78 is 0. The molecule has 0 bridgehead atoms. The van der Waals surface area contributed by atoms with Crippen LogP contribution < -0.4 is 5.32 Å². The summed E-state index contributed by atoms with van der Waals surface area (Å²) in [5.74, 6) is 0.886. The van der Waals surface area contributed by atoms with E-state index in [1.165, 1.54) is 38.2 Å². The Morgan fingerprint density at radius 3 is 2.59 bits per heavy atom. The SMILES string of the molecule is C[C@H]1CN([C@@H]2CCN(C(=O)CNC(=O)c3ccc(Cl)c(Cl)c3)[C@@H]2C2CC2)CC[C@@]12CCc1ccccc12. The van der Waals surface area contributed by atoms with Gasteiger partial charge in [-0.15, -0.1) is 0 Å². The van der Waals surface area contributed by atoms with Crippen molar-refractivity contribution in [3.05, 3.63) is 69.2 Å². The molecule has 2 saturated heterocycles. The fourth-order valence-corrected chi connectivity index (χ4v) is 7.79. The summed E-state index contributed by atoms with van der Waals surface area (Å²) in [6.07, 6.45) is 7.07. The highest BCUT2D eigenvalue weighted by Crippen LogP contribution is 2.50. The van der Waals surface area contributed by atoms with E-state index < -0.39 is 0 Å². The van der Waals surface area contributed by atoms with Gasteiger partial charge in [0.2, 0.25) is 5.91 Å². The molecule has 2 heterocycles. The maximum Gasteiger partial charge on any atom is 0.251 e. The molecule has 1 N–H and O–H groups in total. The molecule has 37 heavy (non-hydrogen) atoms. The van der Waals surface area contributed by atoms with E-state index in [1.54, 1.807) is 23.3 Å². The van der Waals surface area contributed by atoms with E-state index in [0.29, 0.717) is 38.9 Å². The van der Waals surface area contributed by atoms with Crippen molar-refractivity contribution in [3.63, 3.8) is 0 Å². The fourth-order valence-electron chi connectivity index (χ4n) is 7.49. The molecule has 0 aromatic heterocycles. The van der Waals surface area contributed by atoms with Crippen LogP contribution in [0.2, 0.25) is 10.0 Å². The van der Waals surface area contributed by atoms with Crippen molar-refractivity contribution in [2.75, 3.05) is 26.2 Å². The van der Waals surface area contributed by atoms with Crippen molar-refractivity contribution < 1.29 is 9.59 Å². The second-order valence-electron chi connectivity index (χ2n) is 11.5. The maximum atomic E-state index is 13.3. The molecule has 1 spiro atoms. The summed E-state index contributed by atoms with van der Waals surface area (Å²) in [7, 11) is 0. The second kappa shape index (κ2) is 9.91. The minimum absolute atomic E-state index is 0.00527. The molecule has 2 aromatic carbocycles. The third-order valence-corrected chi connectivity index (χ3v) is 10.3. The van der Waals surface area contributed by atoms with Crippen molar-refractivity contribution in [3.8, 4) is 0 Å². The van der Waals surface area contributed by atoms with Gasteiger partial charge in [-0.1, -0.05) is 54.4 Å². The summed E-state index contributed by atoms with van der Waals surface area (Å²) in [4.78, 5) is 30.7. The topological polar surface area (TPSA) is 52.6 Å². The minimum Gasteiger partial charge on any atom is -0.343 e. The van der Waals surface area contributed by atoms with Crippen molar-refractivity contribution in [2.45, 2.75) is 62.9 Å². The van der Waals surface area contributed by atoms with Crippen molar-refractivity contribution in [2.24, 2.45) is 11.8 Å². The number of benzene rings is 2. The van der Waals surface area contributed by atoms with E-state index in [9.17, 15) is 9.59 Å². The maximum absolute atomic E-state index is 13.3. The van der Waals surface area contributed by atoms with E-state index in [1.807, 2.05) is 0 Å². The van der Waals surface area contributed by atoms with Gasteiger partial charge >= 0.3 is 0 Å². The molecular formula is C30H35Cl2N3O2. The first-order chi connectivity index (χ1) is 17.9. The number of amides is 2. The third-order valence-electron chi connectivity index (χ3n) is 9.59. The lowest BCUT2D eigenvalue weighted by molar-refractivity contribution is -0.132. The Morgan fingerprint density at radius 1 is 1.03 bits per heavy atom. The van der Waals surface area contributed by atoms with Crippen LogP contribution in [-0.2, 0) is 16.6 Å². The zero-order valence-electron chi connectivity index (χ0n) is 21.4. The molecule has 2 aromatic rings. The van der Waals surface area contributed by atoms with E-state index >= 15 is 0 Å². The summed E-state index contributed by atoms with van der Waals surface area (Å²) in [6, 6.07) is 14.5. The van der Waals surface area contributed by atoms with Crippen LogP contribution in [0.4, 0.5) is 0 Å². The number of hydrogen-bond acceptors (Lipinski definition) is 3. The molecule has 2 amide bonds. The lowest BCUT2D eigenvalue weighted by Gasteiger charge is -2.48. The molecule has 4 atom stereocenters. The number of nitrogens with one attached hydrogen (secondary N) is 1. The molecule has 1 saturated carbocycles. The average Bonchev–Trinajstić information content (AvgIpc) is 3.54. The number of piperidine rings is 1. The predicted octanol–water partition coefficient (Wildman–Crippen LogP) is 5.33. The summed E-state index contributed by atoms with van der Waals surface area (Å²) >= 11 is 12.0. The molecule has 3 fully saturated rings. The van der Waals surface area contributed by atoms with Crippen molar-refractivity contribution >= 4 is 35.0 Å². The van der Waals surface area contributed by atoms with Gasteiger partial charge in [-0.3, -0.25) is 14.5 Å². The average molecular weight is 541 g/mol. The van der Waals surface area contributed by atoms with Gasteiger partial charge in [-0.05, 0) is 86.2 Å². The molecule has 7 heteroatoms. The van der Waals surface area contributed by atoms with Gasteiger partial charge in [-0.25, -0.2) is 0 Å². The Balaban J connectivity index is 1.11. The number of hydrogen-bond donors (Lipinski definition) is 1. The van der Waals surface area contributed by atoms with Crippen LogP contribution in [0.1, 0.15) is 60.5 Å². The minimum atomic E-state index is -0.308. The Bertz CT molecular complexity index is 1220. The number of halogens is 2. The number of carbonyl (C=O) groups excluding carboxylic acids is 2. The van der Waals surface area contributed by atoms with Crippen LogP contribution in [0.25, 0.3) is 0 Å². The van der Waals surface area contributed by atoms with E-state index in [-0.39, 0.29) is 24.4 Å². The molecule has 0 unspecified atom stereocenters. The molecule has 196 valence electrons. The summed E-state index contributed by atoms with van der Waals surface area (Å²) in [6.45, 7) is 5.41. The largest absolute Gasteiger partial charge is 0.343 e. The monoisotopic (exact) mass is 539 g/mol. The van der Waals surface area contributed by atoms with Crippen molar-refractivity contribution in [1.29, 1.82) is 0 Å². The van der Waals surface area contributed by atoms with Crippen LogP contribution in [-0.4, -0.2) is 59.9 Å². The van der Waals surface area contributed by atoms with Crippen LogP contribution in [0.5, 0.6) is 0 Å². The standard InChI is InChI=1S/C30H35Cl2N3O2/c1-19-18-34(15-13-30(19)12-10-20-4-2-3-5-23(20)30)26-11-14-35(28(26)21-6-7-21)27(36)17-33-29(37)22-8-9-24(31)25(32)16-22/h2-5,8-9,16,19,21,26,28H,6-7,10-15,17-18H2,1H3,(H,33,37)/t19-,26+,28+,30-/m0/s1. The lowest BCUT2D eigenvalue weighted by Crippen LogP contribution is -2.55. The number of carbonyl (C=O) groups is 2. The summed E-state index contributed by atoms with van der Waals surface area (Å²) in [5.41, 5.74) is 3.84. The molecular weight excluding hydrogens is 505 g/mol. The van der Waals surface area contributed by atoms with E-state index in [0.717, 1.165) is 26.1 Å². The van der Waals surface area contributed by atoms with Crippen LogP contribution in [0, 0.1) is 11.8 Å². The van der Waals surface area contributed by atoms with Gasteiger partial charge < -0.3 is 10.2 Å². The number of fused-ring (bicyclic) bond motifs is 2. The van der Waals surface area contributed by atoms with E-state index in [4.69, 9.17) is 23.2 Å².